The number of unbranched alkanes of at least 4 members (excludes halogenated alkanes) is 1. The second-order valence-corrected chi connectivity index (χ2v) is 6.90. The van der Waals surface area contributed by atoms with Crippen molar-refractivity contribution in [2.75, 3.05) is 17.7 Å². The topological polar surface area (TPSA) is 51.2 Å². The number of hydrogen-bond acceptors (Lipinski definition) is 4. The quantitative estimate of drug-likeness (QED) is 0.443. The smallest absolute Gasteiger partial charge is 0.234 e. The zero-order chi connectivity index (χ0) is 18.2. The summed E-state index contributed by atoms with van der Waals surface area (Å²) in [5, 5.41) is 4.85. The minimum atomic E-state index is -0.0513. The molecule has 0 saturated carbocycles. The van der Waals surface area contributed by atoms with Gasteiger partial charge in [-0.15, -0.1) is 0 Å². The van der Waals surface area contributed by atoms with E-state index in [1.165, 1.54) is 11.8 Å². The number of amides is 1. The molecule has 1 N–H and O–H groups in total. The number of aromatic nitrogens is 1. The molecule has 2 aromatic carbocycles. The third-order valence-electron chi connectivity index (χ3n) is 3.83. The zero-order valence-corrected chi connectivity index (χ0v) is 15.6. The van der Waals surface area contributed by atoms with Crippen molar-refractivity contribution in [1.82, 2.24) is 4.98 Å². The van der Waals surface area contributed by atoms with Gasteiger partial charge in [0.05, 0.1) is 22.9 Å². The van der Waals surface area contributed by atoms with E-state index in [4.69, 9.17) is 4.74 Å². The number of para-hydroxylation sites is 1. The van der Waals surface area contributed by atoms with Crippen molar-refractivity contribution in [3.05, 3.63) is 60.7 Å². The second kappa shape index (κ2) is 9.25. The number of rotatable bonds is 8. The molecule has 0 saturated heterocycles. The number of carbonyl (C=O) groups is 1. The van der Waals surface area contributed by atoms with Crippen LogP contribution in [-0.2, 0) is 4.79 Å². The van der Waals surface area contributed by atoms with Gasteiger partial charge in [-0.1, -0.05) is 49.4 Å². The Morgan fingerprint density at radius 1 is 1.08 bits per heavy atom. The summed E-state index contributed by atoms with van der Waals surface area (Å²) in [6.07, 6.45) is 2.15. The van der Waals surface area contributed by atoms with Crippen molar-refractivity contribution in [3.8, 4) is 5.75 Å². The Labute approximate surface area is 158 Å². The van der Waals surface area contributed by atoms with Gasteiger partial charge in [-0.05, 0) is 42.8 Å². The van der Waals surface area contributed by atoms with Gasteiger partial charge in [0.25, 0.3) is 0 Å². The van der Waals surface area contributed by atoms with Gasteiger partial charge in [0.15, 0.2) is 0 Å². The highest BCUT2D eigenvalue weighted by Gasteiger charge is 2.06. The maximum Gasteiger partial charge on any atom is 0.234 e. The number of fused-ring (bicyclic) bond motifs is 1. The number of nitrogens with one attached hydrogen (secondary N) is 1. The Balaban J connectivity index is 1.50. The van der Waals surface area contributed by atoms with Crippen LogP contribution in [0, 0.1) is 0 Å². The summed E-state index contributed by atoms with van der Waals surface area (Å²) in [7, 11) is 0. The summed E-state index contributed by atoms with van der Waals surface area (Å²) in [5.74, 6) is 1.09. The molecule has 134 valence electrons. The third kappa shape index (κ3) is 5.23. The molecule has 0 aliphatic heterocycles. The first-order valence-corrected chi connectivity index (χ1v) is 9.74. The molecule has 1 amide bonds. The lowest BCUT2D eigenvalue weighted by molar-refractivity contribution is -0.113. The molecular formula is C21H22N2O2S. The van der Waals surface area contributed by atoms with Gasteiger partial charge in [0.1, 0.15) is 5.75 Å². The van der Waals surface area contributed by atoms with E-state index >= 15 is 0 Å². The lowest BCUT2D eigenvalue weighted by Gasteiger charge is -2.08. The molecule has 0 aliphatic rings. The van der Waals surface area contributed by atoms with E-state index in [-0.39, 0.29) is 5.91 Å². The van der Waals surface area contributed by atoms with Gasteiger partial charge in [0, 0.05) is 11.1 Å². The van der Waals surface area contributed by atoms with E-state index in [9.17, 15) is 4.79 Å². The second-order valence-electron chi connectivity index (χ2n) is 5.91. The number of pyridine rings is 1. The van der Waals surface area contributed by atoms with Crippen LogP contribution < -0.4 is 10.1 Å². The van der Waals surface area contributed by atoms with Crippen LogP contribution in [0.15, 0.2) is 65.7 Å². The molecule has 0 radical (unpaired) electrons. The Hall–Kier alpha value is -2.53. The van der Waals surface area contributed by atoms with E-state index in [1.54, 1.807) is 0 Å². The van der Waals surface area contributed by atoms with Crippen LogP contribution in [0.3, 0.4) is 0 Å². The molecule has 0 bridgehead atoms. The van der Waals surface area contributed by atoms with E-state index in [2.05, 4.69) is 17.2 Å². The Morgan fingerprint density at radius 2 is 1.88 bits per heavy atom. The first-order valence-electron chi connectivity index (χ1n) is 8.76. The predicted octanol–water partition coefficient (Wildman–Crippen LogP) is 5.14. The maximum atomic E-state index is 12.2. The summed E-state index contributed by atoms with van der Waals surface area (Å²) in [6, 6.07) is 19.4. The molecule has 3 aromatic rings. The third-order valence-corrected chi connectivity index (χ3v) is 4.76. The molecule has 0 aliphatic carbocycles. The van der Waals surface area contributed by atoms with Gasteiger partial charge in [-0.2, -0.15) is 0 Å². The van der Waals surface area contributed by atoms with Gasteiger partial charge < -0.3 is 10.1 Å². The highest BCUT2D eigenvalue weighted by molar-refractivity contribution is 7.99. The van der Waals surface area contributed by atoms with Crippen LogP contribution in [0.5, 0.6) is 5.75 Å². The number of ether oxygens (including phenoxy) is 1. The molecule has 0 atom stereocenters. The summed E-state index contributed by atoms with van der Waals surface area (Å²) >= 11 is 1.43. The molecule has 1 aromatic heterocycles. The van der Waals surface area contributed by atoms with Gasteiger partial charge in [0.2, 0.25) is 5.91 Å². The number of thioether (sulfide) groups is 1. The molecule has 26 heavy (non-hydrogen) atoms. The lowest BCUT2D eigenvalue weighted by atomic mass is 10.2. The fourth-order valence-corrected chi connectivity index (χ4v) is 3.11. The van der Waals surface area contributed by atoms with Crippen molar-refractivity contribution in [3.63, 3.8) is 0 Å². The average molecular weight is 366 g/mol. The normalized spacial score (nSPS) is 10.7. The molecule has 5 heteroatoms. The van der Waals surface area contributed by atoms with Crippen LogP contribution in [0.4, 0.5) is 5.69 Å². The summed E-state index contributed by atoms with van der Waals surface area (Å²) in [6.45, 7) is 2.85. The first kappa shape index (κ1) is 18.3. The highest BCUT2D eigenvalue weighted by Crippen LogP contribution is 2.21. The van der Waals surface area contributed by atoms with Gasteiger partial charge in [-0.25, -0.2) is 4.98 Å². The minimum absolute atomic E-state index is 0.0513. The van der Waals surface area contributed by atoms with Crippen LogP contribution in [-0.4, -0.2) is 23.3 Å². The molecular weight excluding hydrogens is 344 g/mol. The van der Waals surface area contributed by atoms with Crippen molar-refractivity contribution in [2.45, 2.75) is 24.8 Å². The minimum Gasteiger partial charge on any atom is -0.494 e. The van der Waals surface area contributed by atoms with E-state index < -0.39 is 0 Å². The van der Waals surface area contributed by atoms with Crippen LogP contribution in [0.25, 0.3) is 10.9 Å². The average Bonchev–Trinajstić information content (AvgIpc) is 2.68. The summed E-state index contributed by atoms with van der Waals surface area (Å²) < 4.78 is 5.62. The van der Waals surface area contributed by atoms with E-state index in [1.807, 2.05) is 60.7 Å². The Kier molecular flexibility index (Phi) is 6.50. The van der Waals surface area contributed by atoms with Gasteiger partial charge >= 0.3 is 0 Å². The Bertz CT molecular complexity index is 865. The fraction of sp³-hybridized carbons (Fsp3) is 0.238. The standard InChI is InChI=1S/C21H22N2O2S/c1-2-3-14-25-18-11-9-17(10-12-18)22-20(24)15-26-21-13-8-16-6-4-5-7-19(16)23-21/h4-13H,2-3,14-15H2,1H3,(H,22,24). The zero-order valence-electron chi connectivity index (χ0n) is 14.8. The monoisotopic (exact) mass is 366 g/mol. The van der Waals surface area contributed by atoms with Crippen molar-refractivity contribution >= 4 is 34.3 Å². The molecule has 3 rings (SSSR count). The lowest BCUT2D eigenvalue weighted by Crippen LogP contribution is -2.14. The van der Waals surface area contributed by atoms with Crippen molar-refractivity contribution in [2.24, 2.45) is 0 Å². The highest BCUT2D eigenvalue weighted by atomic mass is 32.2. The van der Waals surface area contributed by atoms with Crippen LogP contribution in [0.2, 0.25) is 0 Å². The maximum absolute atomic E-state index is 12.2. The molecule has 0 spiro atoms. The number of carbonyl (C=O) groups excluding carboxylic acids is 1. The largest absolute Gasteiger partial charge is 0.494 e. The number of anilines is 1. The van der Waals surface area contributed by atoms with Crippen LogP contribution >= 0.6 is 11.8 Å². The molecule has 0 unspecified atom stereocenters. The van der Waals surface area contributed by atoms with Crippen molar-refractivity contribution in [1.29, 1.82) is 0 Å². The first-order chi connectivity index (χ1) is 12.7. The van der Waals surface area contributed by atoms with Crippen molar-refractivity contribution < 1.29 is 9.53 Å². The van der Waals surface area contributed by atoms with Gasteiger partial charge in [-0.3, -0.25) is 4.79 Å². The predicted molar refractivity (Wildman–Crippen MR) is 108 cm³/mol. The van der Waals surface area contributed by atoms with E-state index in [0.29, 0.717) is 5.75 Å². The SMILES string of the molecule is CCCCOc1ccc(NC(=O)CSc2ccc3ccccc3n2)cc1. The number of benzene rings is 2. The summed E-state index contributed by atoms with van der Waals surface area (Å²) in [5.41, 5.74) is 1.71. The summed E-state index contributed by atoms with van der Waals surface area (Å²) in [4.78, 5) is 16.7. The van der Waals surface area contributed by atoms with Crippen LogP contribution in [0.1, 0.15) is 19.8 Å². The number of nitrogens with zero attached hydrogens (tertiary/aromatic N) is 1. The molecule has 0 fully saturated rings. The Morgan fingerprint density at radius 3 is 2.69 bits per heavy atom. The van der Waals surface area contributed by atoms with E-state index in [0.717, 1.165) is 46.8 Å². The molecule has 4 nitrogen and oxygen atoms in total. The molecule has 1 heterocycles. The fourth-order valence-electron chi connectivity index (χ4n) is 2.43. The number of hydrogen-bond donors (Lipinski definition) is 1.